The minimum absolute atomic E-state index is 0.0278. The lowest BCUT2D eigenvalue weighted by atomic mass is 10.0. The van der Waals surface area contributed by atoms with E-state index in [4.69, 9.17) is 4.74 Å². The largest absolute Gasteiger partial charge is 0.494 e. The Morgan fingerprint density at radius 2 is 1.96 bits per heavy atom. The predicted octanol–water partition coefficient (Wildman–Crippen LogP) is 3.58. The first-order chi connectivity index (χ1) is 11.4. The molecule has 1 atom stereocenters. The van der Waals surface area contributed by atoms with E-state index >= 15 is 0 Å². The molecule has 2 aromatic carbocycles. The van der Waals surface area contributed by atoms with Crippen molar-refractivity contribution in [3.05, 3.63) is 42.0 Å². The smallest absolute Gasteiger partial charge is 0.409 e. The molecule has 1 amide bonds. The fourth-order valence-electron chi connectivity index (χ4n) is 2.90. The van der Waals surface area contributed by atoms with Crippen molar-refractivity contribution >= 4 is 16.7 Å². The first-order valence-electron chi connectivity index (χ1n) is 7.68. The summed E-state index contributed by atoms with van der Waals surface area (Å²) < 4.78 is 46.1. The van der Waals surface area contributed by atoms with Crippen LogP contribution in [0, 0.1) is 0 Å². The van der Waals surface area contributed by atoms with E-state index in [1.165, 1.54) is 12.1 Å². The van der Waals surface area contributed by atoms with Crippen molar-refractivity contribution in [2.45, 2.75) is 25.6 Å². The average Bonchev–Trinajstić information content (AvgIpc) is 2.92. The molecular formula is C17H17F3N2O2. The molecule has 128 valence electrons. The van der Waals surface area contributed by atoms with Crippen LogP contribution in [-0.2, 0) is 4.79 Å². The lowest BCUT2D eigenvalue weighted by Gasteiger charge is -2.29. The van der Waals surface area contributed by atoms with Gasteiger partial charge < -0.3 is 4.74 Å². The first kappa shape index (κ1) is 16.6. The van der Waals surface area contributed by atoms with Crippen molar-refractivity contribution in [3.8, 4) is 5.75 Å². The molecule has 1 saturated heterocycles. The second kappa shape index (κ2) is 6.32. The summed E-state index contributed by atoms with van der Waals surface area (Å²) in [5, 5.41) is 2.45. The maximum absolute atomic E-state index is 13.6. The average molecular weight is 338 g/mol. The number of carbonyl (C=O) groups is 1. The highest BCUT2D eigenvalue weighted by atomic mass is 19.4. The third kappa shape index (κ3) is 3.31. The van der Waals surface area contributed by atoms with Crippen molar-refractivity contribution in [1.82, 2.24) is 10.4 Å². The Morgan fingerprint density at radius 3 is 2.58 bits per heavy atom. The van der Waals surface area contributed by atoms with Crippen molar-refractivity contribution in [2.24, 2.45) is 0 Å². The van der Waals surface area contributed by atoms with Crippen LogP contribution in [-0.4, -0.2) is 30.2 Å². The molecule has 3 rings (SSSR count). The number of hydrazine groups is 1. The monoisotopic (exact) mass is 338 g/mol. The lowest BCUT2D eigenvalue weighted by Crippen LogP contribution is -2.43. The summed E-state index contributed by atoms with van der Waals surface area (Å²) in [4.78, 5) is 11.3. The molecule has 1 N–H and O–H groups in total. The minimum atomic E-state index is -4.50. The summed E-state index contributed by atoms with van der Waals surface area (Å²) in [7, 11) is 0. The molecule has 1 fully saturated rings. The van der Waals surface area contributed by atoms with Gasteiger partial charge in [0.25, 0.3) is 0 Å². The van der Waals surface area contributed by atoms with Crippen LogP contribution in [0.15, 0.2) is 36.4 Å². The van der Waals surface area contributed by atoms with Crippen LogP contribution < -0.4 is 10.2 Å². The summed E-state index contributed by atoms with van der Waals surface area (Å²) in [5.74, 6) is 0.212. The second-order valence-corrected chi connectivity index (χ2v) is 5.62. The minimum Gasteiger partial charge on any atom is -0.494 e. The van der Waals surface area contributed by atoms with Crippen LogP contribution in [0.25, 0.3) is 10.8 Å². The first-order valence-corrected chi connectivity index (χ1v) is 7.68. The molecule has 2 aromatic rings. The van der Waals surface area contributed by atoms with E-state index in [0.717, 1.165) is 10.4 Å². The third-order valence-electron chi connectivity index (χ3n) is 3.93. The summed E-state index contributed by atoms with van der Waals surface area (Å²) in [6, 6.07) is 8.04. The number of nitrogens with zero attached hydrogens (tertiary/aromatic N) is 1. The zero-order valence-electron chi connectivity index (χ0n) is 13.1. The molecule has 0 radical (unpaired) electrons. The maximum atomic E-state index is 13.6. The molecule has 0 spiro atoms. The van der Waals surface area contributed by atoms with Gasteiger partial charge in [-0.15, -0.1) is 0 Å². The Bertz CT molecular complexity index is 761. The number of halogens is 3. The molecule has 0 aromatic heterocycles. The summed E-state index contributed by atoms with van der Waals surface area (Å²) in [6.45, 7) is 2.35. The van der Waals surface area contributed by atoms with E-state index in [1.54, 1.807) is 18.2 Å². The number of carbonyl (C=O) groups excluding carboxylic acids is 1. The van der Waals surface area contributed by atoms with Gasteiger partial charge in [0.05, 0.1) is 6.61 Å². The summed E-state index contributed by atoms with van der Waals surface area (Å²) in [6.07, 6.45) is -4.43. The van der Waals surface area contributed by atoms with Gasteiger partial charge in [-0.1, -0.05) is 18.2 Å². The Hall–Kier alpha value is -2.28. The van der Waals surface area contributed by atoms with Gasteiger partial charge in [0.15, 0.2) is 0 Å². The molecule has 0 unspecified atom stereocenters. The fourth-order valence-corrected chi connectivity index (χ4v) is 2.90. The Morgan fingerprint density at radius 1 is 1.21 bits per heavy atom. The van der Waals surface area contributed by atoms with Gasteiger partial charge in [-0.25, -0.2) is 5.01 Å². The Balaban J connectivity index is 2.02. The Kier molecular flexibility index (Phi) is 4.36. The topological polar surface area (TPSA) is 41.6 Å². The highest BCUT2D eigenvalue weighted by Gasteiger charge is 2.46. The van der Waals surface area contributed by atoms with Crippen molar-refractivity contribution in [1.29, 1.82) is 0 Å². The van der Waals surface area contributed by atoms with Gasteiger partial charge >= 0.3 is 6.18 Å². The number of hydrogen-bond acceptors (Lipinski definition) is 3. The quantitative estimate of drug-likeness (QED) is 0.926. The number of alkyl halides is 3. The summed E-state index contributed by atoms with van der Waals surface area (Å²) in [5.41, 5.74) is 2.38. The van der Waals surface area contributed by atoms with Crippen LogP contribution >= 0.6 is 0 Å². The number of fused-ring (bicyclic) bond motifs is 1. The van der Waals surface area contributed by atoms with Crippen LogP contribution in [0.3, 0.4) is 0 Å². The van der Waals surface area contributed by atoms with Crippen molar-refractivity contribution in [2.75, 3.05) is 13.2 Å². The standard InChI is InChI=1S/C17H17F3N2O2/c1-2-24-14-6-5-11-3-4-12(9-13(11)10-14)16(17(18,19)20)22-8-7-15(23)21-22/h3-6,9-10,16H,2,7-8H2,1H3,(H,21,23)/t16-/m0/s1. The van der Waals surface area contributed by atoms with E-state index < -0.39 is 18.1 Å². The van der Waals surface area contributed by atoms with Crippen LogP contribution in [0.1, 0.15) is 24.9 Å². The van der Waals surface area contributed by atoms with Gasteiger partial charge in [0, 0.05) is 13.0 Å². The number of nitrogens with one attached hydrogen (secondary N) is 1. The van der Waals surface area contributed by atoms with E-state index in [1.807, 2.05) is 13.0 Å². The zero-order valence-corrected chi connectivity index (χ0v) is 13.1. The van der Waals surface area contributed by atoms with E-state index in [9.17, 15) is 18.0 Å². The summed E-state index contributed by atoms with van der Waals surface area (Å²) >= 11 is 0. The van der Waals surface area contributed by atoms with E-state index in [2.05, 4.69) is 5.43 Å². The highest BCUT2D eigenvalue weighted by molar-refractivity contribution is 5.84. The lowest BCUT2D eigenvalue weighted by molar-refractivity contribution is -0.191. The van der Waals surface area contributed by atoms with Gasteiger partial charge in [-0.2, -0.15) is 13.2 Å². The van der Waals surface area contributed by atoms with E-state index in [0.29, 0.717) is 17.7 Å². The molecular weight excluding hydrogens is 321 g/mol. The van der Waals surface area contributed by atoms with Crippen LogP contribution in [0.5, 0.6) is 5.75 Å². The molecule has 1 heterocycles. The second-order valence-electron chi connectivity index (χ2n) is 5.62. The van der Waals surface area contributed by atoms with Crippen LogP contribution in [0.2, 0.25) is 0 Å². The number of amides is 1. The molecule has 24 heavy (non-hydrogen) atoms. The fraction of sp³-hybridized carbons (Fsp3) is 0.353. The molecule has 0 saturated carbocycles. The van der Waals surface area contributed by atoms with Gasteiger partial charge in [-0.05, 0) is 41.5 Å². The zero-order chi connectivity index (χ0) is 17.3. The Labute approximate surface area is 137 Å². The van der Waals surface area contributed by atoms with Gasteiger partial charge in [0.2, 0.25) is 5.91 Å². The predicted molar refractivity (Wildman–Crippen MR) is 83.4 cm³/mol. The molecule has 1 aliphatic heterocycles. The number of hydrogen-bond donors (Lipinski definition) is 1. The van der Waals surface area contributed by atoms with Crippen molar-refractivity contribution in [3.63, 3.8) is 0 Å². The van der Waals surface area contributed by atoms with Crippen molar-refractivity contribution < 1.29 is 22.7 Å². The molecule has 7 heteroatoms. The molecule has 4 nitrogen and oxygen atoms in total. The molecule has 0 aliphatic carbocycles. The van der Waals surface area contributed by atoms with Gasteiger partial charge in [0.1, 0.15) is 11.8 Å². The molecule has 1 aliphatic rings. The number of ether oxygens (including phenoxy) is 1. The van der Waals surface area contributed by atoms with Gasteiger partial charge in [-0.3, -0.25) is 10.2 Å². The molecule has 0 bridgehead atoms. The number of benzene rings is 2. The number of rotatable bonds is 4. The SMILES string of the molecule is CCOc1ccc2ccc([C@H](N3CCC(=O)N3)C(F)(F)F)cc2c1. The van der Waals surface area contributed by atoms with Crippen LogP contribution in [0.4, 0.5) is 13.2 Å². The highest BCUT2D eigenvalue weighted by Crippen LogP contribution is 2.39. The normalized spacial score (nSPS) is 17.1. The van der Waals surface area contributed by atoms with E-state index in [-0.39, 0.29) is 18.5 Å². The third-order valence-corrected chi connectivity index (χ3v) is 3.93. The maximum Gasteiger partial charge on any atom is 0.409 e.